The number of nitrogens with zero attached hydrogens (tertiary/aromatic N) is 2. The molecule has 28 heavy (non-hydrogen) atoms. The number of guanidine groups is 1. The van der Waals surface area contributed by atoms with Gasteiger partial charge in [-0.2, -0.15) is 0 Å². The van der Waals surface area contributed by atoms with Crippen molar-refractivity contribution in [2.75, 3.05) is 26.7 Å². The number of nitrogens with one attached hydrogen (secondary N) is 3. The lowest BCUT2D eigenvalue weighted by Gasteiger charge is -2.13. The van der Waals surface area contributed by atoms with Crippen molar-refractivity contribution in [1.29, 1.82) is 0 Å². The van der Waals surface area contributed by atoms with Gasteiger partial charge in [-0.25, -0.2) is 0 Å². The van der Waals surface area contributed by atoms with Gasteiger partial charge < -0.3 is 21.1 Å². The van der Waals surface area contributed by atoms with Gasteiger partial charge in [0, 0.05) is 38.1 Å². The van der Waals surface area contributed by atoms with Gasteiger partial charge in [0.2, 0.25) is 0 Å². The van der Waals surface area contributed by atoms with E-state index < -0.39 is 6.10 Å². The Hall–Kier alpha value is -2.20. The van der Waals surface area contributed by atoms with Gasteiger partial charge in [0.15, 0.2) is 5.96 Å². The molecule has 0 bridgehead atoms. The highest BCUT2D eigenvalue weighted by Gasteiger charge is 2.07. The number of benzene rings is 1. The molecule has 0 saturated heterocycles. The topological polar surface area (TPSA) is 98.6 Å². The number of aliphatic hydroxyl groups is 1. The molecule has 1 unspecified atom stereocenters. The third kappa shape index (κ3) is 7.81. The van der Waals surface area contributed by atoms with E-state index in [1.807, 2.05) is 25.1 Å². The molecule has 0 saturated carbocycles. The quantitative estimate of drug-likeness (QED) is 0.254. The van der Waals surface area contributed by atoms with Crippen LogP contribution in [0.3, 0.4) is 0 Å². The van der Waals surface area contributed by atoms with Crippen LogP contribution in [0.15, 0.2) is 53.8 Å². The number of carbonyl (C=O) groups excluding carboxylic acids is 1. The van der Waals surface area contributed by atoms with Crippen LogP contribution in [0.2, 0.25) is 0 Å². The largest absolute Gasteiger partial charge is 0.386 e. The van der Waals surface area contributed by atoms with Crippen molar-refractivity contribution in [3.8, 4) is 0 Å². The molecule has 7 nitrogen and oxygen atoms in total. The molecule has 4 N–H and O–H groups in total. The number of pyridine rings is 1. The average Bonchev–Trinajstić information content (AvgIpc) is 2.72. The molecular weight excluding hydrogens is 469 g/mol. The zero-order valence-electron chi connectivity index (χ0n) is 16.2. The number of carbonyl (C=O) groups is 1. The van der Waals surface area contributed by atoms with E-state index in [-0.39, 0.29) is 36.4 Å². The molecule has 0 aliphatic carbocycles. The van der Waals surface area contributed by atoms with Gasteiger partial charge >= 0.3 is 0 Å². The Morgan fingerprint density at radius 3 is 2.64 bits per heavy atom. The number of hydrogen-bond acceptors (Lipinski definition) is 4. The Kier molecular flexibility index (Phi) is 11.1. The minimum Gasteiger partial charge on any atom is -0.386 e. The van der Waals surface area contributed by atoms with Crippen LogP contribution in [0.5, 0.6) is 0 Å². The van der Waals surface area contributed by atoms with E-state index >= 15 is 0 Å². The van der Waals surface area contributed by atoms with Gasteiger partial charge in [-0.05, 0) is 48.7 Å². The maximum atomic E-state index is 11.7. The first-order valence-electron chi connectivity index (χ1n) is 9.05. The molecule has 8 heteroatoms. The first-order chi connectivity index (χ1) is 13.1. The molecular formula is C20H28IN5O2. The highest BCUT2D eigenvalue weighted by molar-refractivity contribution is 14.0. The Balaban J connectivity index is 0.00000392. The molecule has 2 aromatic rings. The van der Waals surface area contributed by atoms with Gasteiger partial charge in [-0.3, -0.25) is 14.8 Å². The lowest BCUT2D eigenvalue weighted by molar-refractivity contribution is 0.0963. The molecule has 1 atom stereocenters. The summed E-state index contributed by atoms with van der Waals surface area (Å²) >= 11 is 0. The molecule has 0 aliphatic heterocycles. The smallest absolute Gasteiger partial charge is 0.251 e. The monoisotopic (exact) mass is 497 g/mol. The standard InChI is InChI=1S/C20H27N5O2.HI/c1-3-23-20(25-14-18(26)16-8-10-22-11-9-16)24-12-7-15-5-4-6-17(13-15)19(27)21-2;/h4-6,8-11,13,18,26H,3,7,12,14H2,1-2H3,(H,21,27)(H2,23,24,25);1H. The second-order valence-corrected chi connectivity index (χ2v) is 5.97. The minimum absolute atomic E-state index is 0. The first kappa shape index (κ1) is 23.8. The fraction of sp³-hybridized carbons (Fsp3) is 0.350. The number of hydrogen-bond donors (Lipinski definition) is 4. The summed E-state index contributed by atoms with van der Waals surface area (Å²) < 4.78 is 0. The molecule has 0 spiro atoms. The third-order valence-electron chi connectivity index (χ3n) is 3.98. The molecule has 0 radical (unpaired) electrons. The van der Waals surface area contributed by atoms with Gasteiger partial charge in [-0.15, -0.1) is 24.0 Å². The molecule has 1 heterocycles. The van der Waals surface area contributed by atoms with Crippen molar-refractivity contribution >= 4 is 35.8 Å². The fourth-order valence-corrected chi connectivity index (χ4v) is 2.55. The highest BCUT2D eigenvalue weighted by Crippen LogP contribution is 2.11. The van der Waals surface area contributed by atoms with Crippen molar-refractivity contribution in [2.45, 2.75) is 19.4 Å². The van der Waals surface area contributed by atoms with E-state index in [9.17, 15) is 9.90 Å². The van der Waals surface area contributed by atoms with Crippen molar-refractivity contribution in [1.82, 2.24) is 20.9 Å². The van der Waals surface area contributed by atoms with E-state index in [4.69, 9.17) is 0 Å². The van der Waals surface area contributed by atoms with Crippen molar-refractivity contribution in [3.63, 3.8) is 0 Å². The summed E-state index contributed by atoms with van der Waals surface area (Å²) in [5, 5.41) is 19.3. The maximum Gasteiger partial charge on any atom is 0.251 e. The Morgan fingerprint density at radius 2 is 1.96 bits per heavy atom. The van der Waals surface area contributed by atoms with Crippen LogP contribution in [0, 0.1) is 0 Å². The SMILES string of the molecule is CCNC(=NCC(O)c1ccncc1)NCCc1cccc(C(=O)NC)c1.I. The highest BCUT2D eigenvalue weighted by atomic mass is 127. The molecule has 2 rings (SSSR count). The summed E-state index contributed by atoms with van der Waals surface area (Å²) in [5.41, 5.74) is 2.50. The van der Waals surface area contributed by atoms with Gasteiger partial charge in [0.1, 0.15) is 0 Å². The number of aromatic nitrogens is 1. The van der Waals surface area contributed by atoms with E-state index in [2.05, 4.69) is 25.9 Å². The molecule has 1 amide bonds. The van der Waals surface area contributed by atoms with Crippen LogP contribution in [-0.2, 0) is 6.42 Å². The number of aliphatic hydroxyl groups excluding tert-OH is 1. The van der Waals surface area contributed by atoms with E-state index in [0.717, 1.165) is 24.1 Å². The van der Waals surface area contributed by atoms with Crippen LogP contribution >= 0.6 is 24.0 Å². The van der Waals surface area contributed by atoms with Crippen LogP contribution in [0.4, 0.5) is 0 Å². The normalized spacial score (nSPS) is 11.9. The van der Waals surface area contributed by atoms with Crippen LogP contribution < -0.4 is 16.0 Å². The maximum absolute atomic E-state index is 11.7. The summed E-state index contributed by atoms with van der Waals surface area (Å²) in [6.45, 7) is 3.63. The van der Waals surface area contributed by atoms with Crippen LogP contribution in [-0.4, -0.2) is 48.6 Å². The zero-order chi connectivity index (χ0) is 19.5. The summed E-state index contributed by atoms with van der Waals surface area (Å²) in [6.07, 6.45) is 3.38. The average molecular weight is 497 g/mol. The Labute approximate surface area is 183 Å². The first-order valence-corrected chi connectivity index (χ1v) is 9.05. The number of aliphatic imine (C=N–C) groups is 1. The molecule has 0 aliphatic rings. The summed E-state index contributed by atoms with van der Waals surface area (Å²) in [5.74, 6) is 0.554. The molecule has 1 aromatic carbocycles. The minimum atomic E-state index is -0.673. The van der Waals surface area contributed by atoms with Gasteiger partial charge in [-0.1, -0.05) is 12.1 Å². The predicted octanol–water partition coefficient (Wildman–Crippen LogP) is 1.89. The van der Waals surface area contributed by atoms with Gasteiger partial charge in [0.05, 0.1) is 12.6 Å². The second-order valence-electron chi connectivity index (χ2n) is 5.97. The van der Waals surface area contributed by atoms with E-state index in [0.29, 0.717) is 18.1 Å². The van der Waals surface area contributed by atoms with Crippen LogP contribution in [0.25, 0.3) is 0 Å². The lowest BCUT2D eigenvalue weighted by atomic mass is 10.1. The number of amides is 1. The van der Waals surface area contributed by atoms with Crippen molar-refractivity contribution < 1.29 is 9.90 Å². The van der Waals surface area contributed by atoms with Crippen molar-refractivity contribution in [2.24, 2.45) is 4.99 Å². The molecule has 0 fully saturated rings. The van der Waals surface area contributed by atoms with E-state index in [1.54, 1.807) is 37.6 Å². The number of rotatable bonds is 8. The zero-order valence-corrected chi connectivity index (χ0v) is 18.5. The predicted molar refractivity (Wildman–Crippen MR) is 122 cm³/mol. The summed E-state index contributed by atoms with van der Waals surface area (Å²) in [4.78, 5) is 20.1. The lowest BCUT2D eigenvalue weighted by Crippen LogP contribution is -2.38. The molecule has 1 aromatic heterocycles. The van der Waals surface area contributed by atoms with Crippen molar-refractivity contribution in [3.05, 3.63) is 65.5 Å². The van der Waals surface area contributed by atoms with Crippen LogP contribution in [0.1, 0.15) is 34.5 Å². The van der Waals surface area contributed by atoms with Gasteiger partial charge in [0.25, 0.3) is 5.91 Å². The second kappa shape index (κ2) is 13.1. The Bertz CT molecular complexity index is 755. The number of halogens is 1. The molecule has 152 valence electrons. The fourth-order valence-electron chi connectivity index (χ4n) is 2.55. The van der Waals surface area contributed by atoms with E-state index in [1.165, 1.54) is 0 Å². The summed E-state index contributed by atoms with van der Waals surface area (Å²) in [6, 6.07) is 11.1. The third-order valence-corrected chi connectivity index (χ3v) is 3.98. The summed E-state index contributed by atoms with van der Waals surface area (Å²) in [7, 11) is 1.62. The Morgan fingerprint density at radius 1 is 1.21 bits per heavy atom.